The number of ketones is 1. The zero-order valence-electron chi connectivity index (χ0n) is 9.42. The highest BCUT2D eigenvalue weighted by Gasteiger charge is 2.29. The molecule has 0 aromatic rings. The standard InChI is InChI=1S/C11H21NO2/c1-9(8-10(2)13)12-6-4-11(3,14)5-7-12/h9,14H,4-8H2,1-3H3. The van der Waals surface area contributed by atoms with E-state index in [-0.39, 0.29) is 5.78 Å². The molecule has 1 N–H and O–H groups in total. The van der Waals surface area contributed by atoms with E-state index in [2.05, 4.69) is 11.8 Å². The van der Waals surface area contributed by atoms with Crippen LogP contribution in [0.15, 0.2) is 0 Å². The maximum Gasteiger partial charge on any atom is 0.131 e. The van der Waals surface area contributed by atoms with Gasteiger partial charge >= 0.3 is 0 Å². The van der Waals surface area contributed by atoms with Gasteiger partial charge in [-0.05, 0) is 33.6 Å². The SMILES string of the molecule is CC(=O)CC(C)N1CCC(C)(O)CC1. The summed E-state index contributed by atoms with van der Waals surface area (Å²) in [5.74, 6) is 0.245. The summed E-state index contributed by atoms with van der Waals surface area (Å²) in [5.41, 5.74) is -0.494. The van der Waals surface area contributed by atoms with Crippen LogP contribution < -0.4 is 0 Å². The summed E-state index contributed by atoms with van der Waals surface area (Å²) in [6.45, 7) is 7.42. The Kier molecular flexibility index (Phi) is 3.67. The number of aliphatic hydroxyl groups is 1. The zero-order chi connectivity index (χ0) is 10.8. The molecule has 3 heteroatoms. The van der Waals surface area contributed by atoms with E-state index < -0.39 is 5.60 Å². The molecule has 0 radical (unpaired) electrons. The summed E-state index contributed by atoms with van der Waals surface area (Å²) in [7, 11) is 0. The molecule has 1 aliphatic heterocycles. The van der Waals surface area contributed by atoms with Crippen molar-refractivity contribution >= 4 is 5.78 Å². The molecule has 1 rings (SSSR count). The Morgan fingerprint density at radius 3 is 2.43 bits per heavy atom. The Morgan fingerprint density at radius 2 is 2.00 bits per heavy atom. The second-order valence-corrected chi connectivity index (χ2v) is 4.79. The van der Waals surface area contributed by atoms with Crippen molar-refractivity contribution in [3.05, 3.63) is 0 Å². The fraction of sp³-hybridized carbons (Fsp3) is 0.909. The van der Waals surface area contributed by atoms with Crippen LogP contribution in [-0.2, 0) is 4.79 Å². The fourth-order valence-corrected chi connectivity index (χ4v) is 1.99. The summed E-state index contributed by atoms with van der Waals surface area (Å²) in [5, 5.41) is 9.76. The topological polar surface area (TPSA) is 40.5 Å². The lowest BCUT2D eigenvalue weighted by Gasteiger charge is -2.38. The first-order valence-electron chi connectivity index (χ1n) is 5.36. The van der Waals surface area contributed by atoms with Crippen LogP contribution in [0.5, 0.6) is 0 Å². The minimum absolute atomic E-state index is 0.245. The van der Waals surface area contributed by atoms with E-state index in [0.29, 0.717) is 12.5 Å². The molecule has 1 heterocycles. The zero-order valence-corrected chi connectivity index (χ0v) is 9.42. The van der Waals surface area contributed by atoms with Crippen LogP contribution >= 0.6 is 0 Å². The first-order chi connectivity index (χ1) is 6.41. The Labute approximate surface area is 86.1 Å². The third-order valence-electron chi connectivity index (χ3n) is 3.08. The van der Waals surface area contributed by atoms with E-state index >= 15 is 0 Å². The molecule has 0 spiro atoms. The predicted octanol–water partition coefficient (Wildman–Crippen LogP) is 1.20. The molecule has 0 aliphatic carbocycles. The summed E-state index contributed by atoms with van der Waals surface area (Å²) < 4.78 is 0. The van der Waals surface area contributed by atoms with Crippen LogP contribution in [0.4, 0.5) is 0 Å². The van der Waals surface area contributed by atoms with Gasteiger partial charge in [-0.15, -0.1) is 0 Å². The van der Waals surface area contributed by atoms with Gasteiger partial charge in [0.1, 0.15) is 5.78 Å². The van der Waals surface area contributed by atoms with Gasteiger partial charge in [0.25, 0.3) is 0 Å². The number of Topliss-reactive ketones (excluding diaryl/α,β-unsaturated/α-hetero) is 1. The summed E-state index contributed by atoms with van der Waals surface area (Å²) >= 11 is 0. The normalized spacial score (nSPS) is 24.6. The molecule has 0 amide bonds. The largest absolute Gasteiger partial charge is 0.390 e. The van der Waals surface area contributed by atoms with E-state index in [1.807, 2.05) is 6.92 Å². The van der Waals surface area contributed by atoms with Crippen LogP contribution in [0.3, 0.4) is 0 Å². The number of hydrogen-bond donors (Lipinski definition) is 1. The van der Waals surface area contributed by atoms with Gasteiger partial charge in [0.2, 0.25) is 0 Å². The molecule has 0 saturated carbocycles. The van der Waals surface area contributed by atoms with Gasteiger partial charge in [-0.25, -0.2) is 0 Å². The highest BCUT2D eigenvalue weighted by Crippen LogP contribution is 2.23. The third-order valence-corrected chi connectivity index (χ3v) is 3.08. The van der Waals surface area contributed by atoms with E-state index in [4.69, 9.17) is 0 Å². The lowest BCUT2D eigenvalue weighted by Crippen LogP contribution is -2.46. The number of piperidine rings is 1. The highest BCUT2D eigenvalue weighted by atomic mass is 16.3. The molecule has 1 fully saturated rings. The molecule has 1 saturated heterocycles. The van der Waals surface area contributed by atoms with Gasteiger partial charge in [0.05, 0.1) is 5.60 Å². The maximum absolute atomic E-state index is 10.9. The summed E-state index contributed by atoms with van der Waals surface area (Å²) in [6, 6.07) is 0.323. The van der Waals surface area contributed by atoms with Crippen molar-refractivity contribution in [3.8, 4) is 0 Å². The molecule has 0 aromatic carbocycles. The van der Waals surface area contributed by atoms with Crippen molar-refractivity contribution in [1.82, 2.24) is 4.90 Å². The van der Waals surface area contributed by atoms with E-state index in [9.17, 15) is 9.90 Å². The highest BCUT2D eigenvalue weighted by molar-refractivity contribution is 5.76. The average Bonchev–Trinajstić information content (AvgIpc) is 2.02. The lowest BCUT2D eigenvalue weighted by atomic mass is 9.92. The van der Waals surface area contributed by atoms with Crippen molar-refractivity contribution in [2.75, 3.05) is 13.1 Å². The van der Waals surface area contributed by atoms with Crippen LogP contribution in [0.2, 0.25) is 0 Å². The van der Waals surface area contributed by atoms with Gasteiger partial charge < -0.3 is 10.0 Å². The van der Waals surface area contributed by atoms with Crippen molar-refractivity contribution in [2.24, 2.45) is 0 Å². The monoisotopic (exact) mass is 199 g/mol. The molecule has 3 nitrogen and oxygen atoms in total. The second-order valence-electron chi connectivity index (χ2n) is 4.79. The Balaban J connectivity index is 2.37. The molecule has 0 aromatic heterocycles. The first-order valence-corrected chi connectivity index (χ1v) is 5.36. The van der Waals surface area contributed by atoms with Crippen LogP contribution in [-0.4, -0.2) is 40.5 Å². The number of carbonyl (C=O) groups excluding carboxylic acids is 1. The van der Waals surface area contributed by atoms with Gasteiger partial charge in [0, 0.05) is 25.6 Å². The van der Waals surface area contributed by atoms with Gasteiger partial charge in [-0.1, -0.05) is 0 Å². The number of nitrogens with zero attached hydrogens (tertiary/aromatic N) is 1. The minimum Gasteiger partial charge on any atom is -0.390 e. The molecule has 1 aliphatic rings. The third kappa shape index (κ3) is 3.39. The first kappa shape index (κ1) is 11.7. The molecule has 14 heavy (non-hydrogen) atoms. The van der Waals surface area contributed by atoms with Crippen molar-refractivity contribution in [2.45, 2.75) is 51.7 Å². The minimum atomic E-state index is -0.494. The lowest BCUT2D eigenvalue weighted by molar-refractivity contribution is -0.118. The second kappa shape index (κ2) is 4.41. The number of hydrogen-bond acceptors (Lipinski definition) is 3. The predicted molar refractivity (Wildman–Crippen MR) is 56.2 cm³/mol. The van der Waals surface area contributed by atoms with Gasteiger partial charge in [0.15, 0.2) is 0 Å². The smallest absolute Gasteiger partial charge is 0.131 e. The molecule has 82 valence electrons. The quantitative estimate of drug-likeness (QED) is 0.742. The molecule has 0 bridgehead atoms. The average molecular weight is 199 g/mol. The Hall–Kier alpha value is -0.410. The van der Waals surface area contributed by atoms with Crippen LogP contribution in [0.25, 0.3) is 0 Å². The molecule has 1 atom stereocenters. The van der Waals surface area contributed by atoms with Crippen molar-refractivity contribution < 1.29 is 9.90 Å². The Morgan fingerprint density at radius 1 is 1.50 bits per heavy atom. The molecular formula is C11H21NO2. The van der Waals surface area contributed by atoms with E-state index in [0.717, 1.165) is 25.9 Å². The number of rotatable bonds is 3. The fourth-order valence-electron chi connectivity index (χ4n) is 1.99. The van der Waals surface area contributed by atoms with E-state index in [1.54, 1.807) is 6.92 Å². The Bertz CT molecular complexity index is 203. The van der Waals surface area contributed by atoms with Crippen molar-refractivity contribution in [3.63, 3.8) is 0 Å². The maximum atomic E-state index is 10.9. The van der Waals surface area contributed by atoms with Gasteiger partial charge in [-0.3, -0.25) is 4.79 Å². The van der Waals surface area contributed by atoms with Crippen molar-refractivity contribution in [1.29, 1.82) is 0 Å². The van der Waals surface area contributed by atoms with Crippen LogP contribution in [0, 0.1) is 0 Å². The summed E-state index contributed by atoms with van der Waals surface area (Å²) in [6.07, 6.45) is 2.26. The summed E-state index contributed by atoms with van der Waals surface area (Å²) in [4.78, 5) is 13.2. The molecule has 1 unspecified atom stereocenters. The van der Waals surface area contributed by atoms with Gasteiger partial charge in [-0.2, -0.15) is 0 Å². The molecular weight excluding hydrogens is 178 g/mol. The number of likely N-dealkylation sites (tertiary alicyclic amines) is 1. The van der Waals surface area contributed by atoms with E-state index in [1.165, 1.54) is 0 Å². The van der Waals surface area contributed by atoms with Crippen LogP contribution in [0.1, 0.15) is 40.0 Å². The number of carbonyl (C=O) groups is 1.